The summed E-state index contributed by atoms with van der Waals surface area (Å²) < 4.78 is 0. The van der Waals surface area contributed by atoms with Crippen LogP contribution in [0.4, 0.5) is 0 Å². The van der Waals surface area contributed by atoms with Gasteiger partial charge in [0, 0.05) is 5.57 Å². The van der Waals surface area contributed by atoms with Gasteiger partial charge in [0.1, 0.15) is 6.07 Å². The van der Waals surface area contributed by atoms with Gasteiger partial charge in [-0.2, -0.15) is 5.26 Å². The highest BCUT2D eigenvalue weighted by atomic mass is 32.2. The topological polar surface area (TPSA) is 23.8 Å². The van der Waals surface area contributed by atoms with Crippen molar-refractivity contribution >= 4 is 17.3 Å². The molecule has 0 amide bonds. The van der Waals surface area contributed by atoms with Crippen molar-refractivity contribution < 1.29 is 0 Å². The average molecular weight is 265 g/mol. The molecule has 0 aromatic heterocycles. The Morgan fingerprint density at radius 1 is 0.947 bits per heavy atom. The number of nitrogens with zero attached hydrogens (tertiary/aromatic N) is 1. The summed E-state index contributed by atoms with van der Waals surface area (Å²) >= 11 is 1.49. The summed E-state index contributed by atoms with van der Waals surface area (Å²) in [6.45, 7) is 2.06. The van der Waals surface area contributed by atoms with Crippen LogP contribution >= 0.6 is 11.8 Å². The van der Waals surface area contributed by atoms with E-state index in [1.165, 1.54) is 17.3 Å². The molecule has 0 bridgehead atoms. The zero-order valence-electron chi connectivity index (χ0n) is 11.1. The molecule has 0 heterocycles. The summed E-state index contributed by atoms with van der Waals surface area (Å²) in [6, 6.07) is 20.7. The lowest BCUT2D eigenvalue weighted by Crippen LogP contribution is -1.91. The van der Waals surface area contributed by atoms with Crippen molar-refractivity contribution in [2.45, 2.75) is 6.92 Å². The van der Waals surface area contributed by atoms with E-state index in [2.05, 4.69) is 37.3 Å². The van der Waals surface area contributed by atoms with E-state index in [0.717, 1.165) is 21.6 Å². The predicted molar refractivity (Wildman–Crippen MR) is 82.8 cm³/mol. The Kier molecular flexibility index (Phi) is 4.43. The maximum Gasteiger partial charge on any atom is 0.107 e. The Balaban J connectivity index is 2.63. The second kappa shape index (κ2) is 6.26. The number of benzene rings is 2. The van der Waals surface area contributed by atoms with Crippen LogP contribution < -0.4 is 0 Å². The first kappa shape index (κ1) is 13.5. The van der Waals surface area contributed by atoms with Crippen molar-refractivity contribution in [1.29, 1.82) is 5.26 Å². The number of hydrogen-bond acceptors (Lipinski definition) is 2. The van der Waals surface area contributed by atoms with E-state index < -0.39 is 0 Å². The molecule has 2 rings (SSSR count). The first-order valence-corrected chi connectivity index (χ1v) is 7.29. The van der Waals surface area contributed by atoms with Crippen LogP contribution in [0.15, 0.2) is 59.5 Å². The first-order chi connectivity index (χ1) is 9.26. The molecule has 0 radical (unpaired) electrons. The molecule has 0 aliphatic rings. The third kappa shape index (κ3) is 3.07. The summed E-state index contributed by atoms with van der Waals surface area (Å²) in [4.78, 5) is 0.745. The standard InChI is InChI=1S/C17H15NS/c1-13-8-10-15(11-9-13)17(16(12-18)19-2)14-6-4-3-5-7-14/h3-11H,1-2H3. The second-order valence-electron chi connectivity index (χ2n) is 4.25. The highest BCUT2D eigenvalue weighted by Gasteiger charge is 2.10. The molecule has 2 heteroatoms. The van der Waals surface area contributed by atoms with Gasteiger partial charge >= 0.3 is 0 Å². The van der Waals surface area contributed by atoms with E-state index in [9.17, 15) is 5.26 Å². The van der Waals surface area contributed by atoms with Crippen LogP contribution in [-0.2, 0) is 0 Å². The molecular weight excluding hydrogens is 250 g/mol. The highest BCUT2D eigenvalue weighted by molar-refractivity contribution is 8.02. The lowest BCUT2D eigenvalue weighted by Gasteiger charge is -2.10. The summed E-state index contributed by atoms with van der Waals surface area (Å²) in [7, 11) is 0. The SMILES string of the molecule is CSC(C#N)=C(c1ccccc1)c1ccc(C)cc1. The summed E-state index contributed by atoms with van der Waals surface area (Å²) in [5.74, 6) is 0. The van der Waals surface area contributed by atoms with Crippen LogP contribution in [0.1, 0.15) is 16.7 Å². The third-order valence-corrected chi connectivity index (χ3v) is 3.64. The number of rotatable bonds is 3. The van der Waals surface area contributed by atoms with E-state index in [0.29, 0.717) is 0 Å². The fourth-order valence-corrected chi connectivity index (χ4v) is 2.49. The van der Waals surface area contributed by atoms with Gasteiger partial charge in [-0.15, -0.1) is 11.8 Å². The molecule has 0 saturated carbocycles. The Morgan fingerprint density at radius 2 is 1.53 bits per heavy atom. The van der Waals surface area contributed by atoms with Gasteiger partial charge in [0.25, 0.3) is 0 Å². The van der Waals surface area contributed by atoms with Crippen LogP contribution in [0.2, 0.25) is 0 Å². The van der Waals surface area contributed by atoms with Crippen LogP contribution in [0.3, 0.4) is 0 Å². The van der Waals surface area contributed by atoms with Crippen molar-refractivity contribution in [1.82, 2.24) is 0 Å². The van der Waals surface area contributed by atoms with Gasteiger partial charge in [-0.1, -0.05) is 60.2 Å². The Morgan fingerprint density at radius 3 is 2.05 bits per heavy atom. The highest BCUT2D eigenvalue weighted by Crippen LogP contribution is 2.31. The minimum atomic E-state index is 0.745. The van der Waals surface area contributed by atoms with E-state index >= 15 is 0 Å². The Bertz CT molecular complexity index is 619. The molecule has 0 spiro atoms. The normalized spacial score (nSPS) is 11.6. The number of hydrogen-bond donors (Lipinski definition) is 0. The first-order valence-electron chi connectivity index (χ1n) is 6.07. The summed E-state index contributed by atoms with van der Waals surface area (Å²) in [5.41, 5.74) is 4.40. The van der Waals surface area contributed by atoms with Gasteiger partial charge in [-0.05, 0) is 24.3 Å². The van der Waals surface area contributed by atoms with E-state index in [1.54, 1.807) is 0 Å². The van der Waals surface area contributed by atoms with Crippen LogP contribution in [0.25, 0.3) is 5.57 Å². The Labute approximate surface area is 118 Å². The maximum absolute atomic E-state index is 9.34. The summed E-state index contributed by atoms with van der Waals surface area (Å²) in [6.07, 6.45) is 1.94. The van der Waals surface area contributed by atoms with E-state index in [1.807, 2.05) is 36.6 Å². The molecule has 0 saturated heterocycles. The Hall–Kier alpha value is -1.98. The van der Waals surface area contributed by atoms with Crippen molar-refractivity contribution in [3.63, 3.8) is 0 Å². The molecule has 2 aromatic rings. The maximum atomic E-state index is 9.34. The molecule has 0 aliphatic heterocycles. The molecule has 0 unspecified atom stereocenters. The van der Waals surface area contributed by atoms with Gasteiger partial charge in [0.05, 0.1) is 4.91 Å². The van der Waals surface area contributed by atoms with Gasteiger partial charge in [0.2, 0.25) is 0 Å². The van der Waals surface area contributed by atoms with E-state index in [-0.39, 0.29) is 0 Å². The van der Waals surface area contributed by atoms with Gasteiger partial charge in [-0.3, -0.25) is 0 Å². The fraction of sp³-hybridized carbons (Fsp3) is 0.118. The number of aryl methyl sites for hydroxylation is 1. The lowest BCUT2D eigenvalue weighted by atomic mass is 9.97. The monoisotopic (exact) mass is 265 g/mol. The van der Waals surface area contributed by atoms with Crippen LogP contribution in [-0.4, -0.2) is 6.26 Å². The zero-order valence-corrected chi connectivity index (χ0v) is 11.9. The molecule has 94 valence electrons. The molecule has 0 atom stereocenters. The molecule has 0 N–H and O–H groups in total. The molecular formula is C17H15NS. The number of allylic oxidation sites excluding steroid dienone is 1. The van der Waals surface area contributed by atoms with Crippen molar-refractivity contribution in [2.24, 2.45) is 0 Å². The molecule has 0 fully saturated rings. The molecule has 1 nitrogen and oxygen atoms in total. The smallest absolute Gasteiger partial charge is 0.107 e. The van der Waals surface area contributed by atoms with Crippen LogP contribution in [0, 0.1) is 18.3 Å². The van der Waals surface area contributed by atoms with Crippen LogP contribution in [0.5, 0.6) is 0 Å². The molecule has 2 aromatic carbocycles. The van der Waals surface area contributed by atoms with Gasteiger partial charge in [-0.25, -0.2) is 0 Å². The number of thioether (sulfide) groups is 1. The third-order valence-electron chi connectivity index (χ3n) is 2.94. The fourth-order valence-electron chi connectivity index (χ4n) is 1.96. The minimum absolute atomic E-state index is 0.745. The van der Waals surface area contributed by atoms with Crippen molar-refractivity contribution in [3.05, 3.63) is 76.2 Å². The average Bonchev–Trinajstić information content (AvgIpc) is 2.47. The summed E-state index contributed by atoms with van der Waals surface area (Å²) in [5, 5.41) is 9.34. The molecule has 19 heavy (non-hydrogen) atoms. The van der Waals surface area contributed by atoms with Crippen molar-refractivity contribution in [2.75, 3.05) is 6.26 Å². The van der Waals surface area contributed by atoms with Crippen molar-refractivity contribution in [3.8, 4) is 6.07 Å². The van der Waals surface area contributed by atoms with Gasteiger partial charge in [0.15, 0.2) is 0 Å². The zero-order chi connectivity index (χ0) is 13.7. The lowest BCUT2D eigenvalue weighted by molar-refractivity contribution is 1.44. The minimum Gasteiger partial charge on any atom is -0.192 e. The molecule has 0 aliphatic carbocycles. The second-order valence-corrected chi connectivity index (χ2v) is 5.07. The van der Waals surface area contributed by atoms with E-state index in [4.69, 9.17) is 0 Å². The predicted octanol–water partition coefficient (Wildman–Crippen LogP) is 4.64. The number of nitriles is 1. The largest absolute Gasteiger partial charge is 0.192 e. The quantitative estimate of drug-likeness (QED) is 0.755. The van der Waals surface area contributed by atoms with Gasteiger partial charge < -0.3 is 0 Å².